The second-order valence-corrected chi connectivity index (χ2v) is 6.07. The molecule has 26 heavy (non-hydrogen) atoms. The fourth-order valence-electron chi connectivity index (χ4n) is 2.96. The van der Waals surface area contributed by atoms with E-state index in [0.29, 0.717) is 17.6 Å². The van der Waals surface area contributed by atoms with Gasteiger partial charge in [-0.3, -0.25) is 4.79 Å². The first-order valence-corrected chi connectivity index (χ1v) is 8.37. The lowest BCUT2D eigenvalue weighted by Crippen LogP contribution is -2.11. The van der Waals surface area contributed by atoms with E-state index in [1.807, 2.05) is 48.5 Å². The highest BCUT2D eigenvalue weighted by atomic mass is 16.1. The normalized spacial score (nSPS) is 10.8. The molecular weight excluding hydrogens is 324 g/mol. The number of fused-ring (bicyclic) bond motifs is 1. The van der Waals surface area contributed by atoms with Crippen LogP contribution in [0.1, 0.15) is 15.9 Å². The Hall–Kier alpha value is -3.60. The molecular formula is C21H18N4O. The molecule has 0 aliphatic heterocycles. The number of carbonyl (C=O) groups excluding carboxylic acids is 1. The first-order chi connectivity index (χ1) is 12.7. The van der Waals surface area contributed by atoms with Gasteiger partial charge in [0.2, 0.25) is 0 Å². The van der Waals surface area contributed by atoms with Gasteiger partial charge in [-0.05, 0) is 35.9 Å². The summed E-state index contributed by atoms with van der Waals surface area (Å²) in [6.07, 6.45) is 0. The van der Waals surface area contributed by atoms with Crippen molar-refractivity contribution in [3.05, 3.63) is 83.9 Å². The van der Waals surface area contributed by atoms with Crippen molar-refractivity contribution in [1.29, 1.82) is 0 Å². The number of H-pyrrole nitrogens is 1. The van der Waals surface area contributed by atoms with E-state index in [2.05, 4.69) is 27.4 Å². The van der Waals surface area contributed by atoms with Crippen LogP contribution in [0, 0.1) is 0 Å². The molecule has 1 aromatic heterocycles. The van der Waals surface area contributed by atoms with Gasteiger partial charge in [0.05, 0.1) is 11.1 Å². The molecule has 0 aliphatic rings. The summed E-state index contributed by atoms with van der Waals surface area (Å²) in [5.74, 6) is 0.240. The minimum Gasteiger partial charge on any atom is -0.381 e. The Labute approximate surface area is 150 Å². The summed E-state index contributed by atoms with van der Waals surface area (Å²) in [6, 6.07) is 23.6. The number of hydrogen-bond donors (Lipinski definition) is 3. The molecule has 0 bridgehead atoms. The van der Waals surface area contributed by atoms with Crippen LogP contribution in [0.5, 0.6) is 0 Å². The minimum absolute atomic E-state index is 0.423. The monoisotopic (exact) mass is 342 g/mol. The van der Waals surface area contributed by atoms with E-state index >= 15 is 0 Å². The number of nitrogens with zero attached hydrogens (tertiary/aromatic N) is 1. The van der Waals surface area contributed by atoms with Crippen molar-refractivity contribution in [1.82, 2.24) is 9.97 Å². The average Bonchev–Trinajstić information content (AvgIpc) is 3.11. The number of hydrogen-bond acceptors (Lipinski definition) is 3. The van der Waals surface area contributed by atoms with Crippen LogP contribution in [0.4, 0.5) is 5.69 Å². The predicted molar refractivity (Wildman–Crippen MR) is 104 cm³/mol. The van der Waals surface area contributed by atoms with Crippen molar-refractivity contribution in [2.24, 2.45) is 5.73 Å². The number of primary amides is 1. The maximum Gasteiger partial charge on any atom is 0.250 e. The lowest BCUT2D eigenvalue weighted by atomic mass is 10.1. The zero-order valence-electron chi connectivity index (χ0n) is 14.1. The van der Waals surface area contributed by atoms with E-state index in [0.717, 1.165) is 28.2 Å². The highest BCUT2D eigenvalue weighted by molar-refractivity contribution is 6.04. The van der Waals surface area contributed by atoms with Gasteiger partial charge < -0.3 is 16.0 Å². The summed E-state index contributed by atoms with van der Waals surface area (Å²) in [5, 5.41) is 3.40. The number of rotatable bonds is 5. The van der Waals surface area contributed by atoms with Crippen LogP contribution in [0.15, 0.2) is 72.8 Å². The number of amides is 1. The molecule has 0 atom stereocenters. The minimum atomic E-state index is -0.477. The van der Waals surface area contributed by atoms with Crippen LogP contribution in [-0.2, 0) is 6.54 Å². The summed E-state index contributed by atoms with van der Waals surface area (Å²) in [6.45, 7) is 0.713. The van der Waals surface area contributed by atoms with Gasteiger partial charge in [-0.2, -0.15) is 0 Å². The Balaban J connectivity index is 1.63. The van der Waals surface area contributed by atoms with Gasteiger partial charge in [-0.15, -0.1) is 0 Å². The van der Waals surface area contributed by atoms with E-state index in [9.17, 15) is 4.79 Å². The molecule has 0 spiro atoms. The van der Waals surface area contributed by atoms with Crippen LogP contribution >= 0.6 is 0 Å². The van der Waals surface area contributed by atoms with Gasteiger partial charge in [0, 0.05) is 17.8 Å². The fraction of sp³-hybridized carbons (Fsp3) is 0.0476. The molecule has 0 saturated carbocycles. The van der Waals surface area contributed by atoms with E-state index < -0.39 is 5.91 Å². The zero-order chi connectivity index (χ0) is 17.9. The van der Waals surface area contributed by atoms with Gasteiger partial charge >= 0.3 is 0 Å². The summed E-state index contributed by atoms with van der Waals surface area (Å²) >= 11 is 0. The number of imidazole rings is 1. The van der Waals surface area contributed by atoms with Crippen molar-refractivity contribution in [3.63, 3.8) is 0 Å². The largest absolute Gasteiger partial charge is 0.381 e. The van der Waals surface area contributed by atoms with Gasteiger partial charge in [0.25, 0.3) is 5.91 Å². The third kappa shape index (κ3) is 3.15. The number of para-hydroxylation sites is 2. The lowest BCUT2D eigenvalue weighted by Gasteiger charge is -2.07. The molecule has 5 nitrogen and oxygen atoms in total. The predicted octanol–water partition coefficient (Wildman–Crippen LogP) is 3.94. The van der Waals surface area contributed by atoms with E-state index in [-0.39, 0.29) is 0 Å². The number of aromatic nitrogens is 2. The highest BCUT2D eigenvalue weighted by Crippen LogP contribution is 2.23. The fourth-order valence-corrected chi connectivity index (χ4v) is 2.96. The topological polar surface area (TPSA) is 83.8 Å². The maximum atomic E-state index is 11.6. The molecule has 4 N–H and O–H groups in total. The standard InChI is InChI=1S/C21H18N4O/c22-20(26)17-10-5-11-18-19(17)25-21(24-18)15-7-4-6-14(12-15)13-23-16-8-2-1-3-9-16/h1-12,23H,13H2,(H2,22,26)(H,24,25). The van der Waals surface area contributed by atoms with Gasteiger partial charge in [-0.25, -0.2) is 4.98 Å². The summed E-state index contributed by atoms with van der Waals surface area (Å²) in [4.78, 5) is 19.5. The molecule has 5 heteroatoms. The quantitative estimate of drug-likeness (QED) is 0.513. The number of aromatic amines is 1. The van der Waals surface area contributed by atoms with Crippen LogP contribution in [0.2, 0.25) is 0 Å². The van der Waals surface area contributed by atoms with Crippen molar-refractivity contribution in [2.45, 2.75) is 6.54 Å². The summed E-state index contributed by atoms with van der Waals surface area (Å²) in [7, 11) is 0. The van der Waals surface area contributed by atoms with E-state index in [1.54, 1.807) is 12.1 Å². The molecule has 1 heterocycles. The van der Waals surface area contributed by atoms with Crippen LogP contribution in [0.25, 0.3) is 22.4 Å². The van der Waals surface area contributed by atoms with Crippen LogP contribution < -0.4 is 11.1 Å². The number of anilines is 1. The van der Waals surface area contributed by atoms with Crippen LogP contribution in [0.3, 0.4) is 0 Å². The second-order valence-electron chi connectivity index (χ2n) is 6.07. The average molecular weight is 342 g/mol. The molecule has 0 radical (unpaired) electrons. The van der Waals surface area contributed by atoms with Crippen molar-refractivity contribution < 1.29 is 4.79 Å². The van der Waals surface area contributed by atoms with Crippen molar-refractivity contribution in [3.8, 4) is 11.4 Å². The Bertz CT molecular complexity index is 1070. The zero-order valence-corrected chi connectivity index (χ0v) is 14.1. The lowest BCUT2D eigenvalue weighted by molar-refractivity contribution is 0.100. The van der Waals surface area contributed by atoms with Gasteiger partial charge in [0.15, 0.2) is 0 Å². The molecule has 128 valence electrons. The Morgan fingerprint density at radius 1 is 1.00 bits per heavy atom. The molecule has 0 saturated heterocycles. The Kier molecular flexibility index (Phi) is 4.11. The summed E-state index contributed by atoms with van der Waals surface area (Å²) < 4.78 is 0. The number of nitrogens with one attached hydrogen (secondary N) is 2. The van der Waals surface area contributed by atoms with Crippen LogP contribution in [-0.4, -0.2) is 15.9 Å². The van der Waals surface area contributed by atoms with Crippen molar-refractivity contribution in [2.75, 3.05) is 5.32 Å². The van der Waals surface area contributed by atoms with Gasteiger partial charge in [-0.1, -0.05) is 42.5 Å². The van der Waals surface area contributed by atoms with E-state index in [4.69, 9.17) is 5.73 Å². The van der Waals surface area contributed by atoms with Crippen molar-refractivity contribution >= 4 is 22.6 Å². The highest BCUT2D eigenvalue weighted by Gasteiger charge is 2.12. The molecule has 0 fully saturated rings. The molecule has 4 aromatic rings. The number of carbonyl (C=O) groups is 1. The maximum absolute atomic E-state index is 11.6. The Morgan fingerprint density at radius 2 is 1.81 bits per heavy atom. The summed E-state index contributed by atoms with van der Waals surface area (Å²) in [5.41, 5.74) is 10.4. The SMILES string of the molecule is NC(=O)c1cccc2[nH]c(-c3cccc(CNc4ccccc4)c3)nc12. The molecule has 0 aliphatic carbocycles. The smallest absolute Gasteiger partial charge is 0.250 e. The molecule has 4 rings (SSSR count). The first kappa shape index (κ1) is 15.9. The number of benzene rings is 3. The Morgan fingerprint density at radius 3 is 2.62 bits per heavy atom. The first-order valence-electron chi connectivity index (χ1n) is 8.37. The number of nitrogens with two attached hydrogens (primary N) is 1. The van der Waals surface area contributed by atoms with Gasteiger partial charge in [0.1, 0.15) is 11.3 Å². The molecule has 0 unspecified atom stereocenters. The second kappa shape index (κ2) is 6.72. The third-order valence-electron chi connectivity index (χ3n) is 4.25. The van der Waals surface area contributed by atoms with E-state index in [1.165, 1.54) is 0 Å². The third-order valence-corrected chi connectivity index (χ3v) is 4.25. The molecule has 1 amide bonds. The molecule has 3 aromatic carbocycles.